The molecule has 28 heavy (non-hydrogen) atoms. The van der Waals surface area contributed by atoms with Crippen molar-refractivity contribution in [3.63, 3.8) is 0 Å². The Hall–Kier alpha value is -1.39. The second-order valence-corrected chi connectivity index (χ2v) is 10.4. The highest BCUT2D eigenvalue weighted by Gasteiger charge is 2.73. The smallest absolute Gasteiger partial charge is 0.132 e. The molecule has 0 aromatic heterocycles. The summed E-state index contributed by atoms with van der Waals surface area (Å²) in [6, 6.07) is 6.43. The van der Waals surface area contributed by atoms with Crippen molar-refractivity contribution in [3.8, 4) is 5.75 Å². The molecule has 2 aliphatic carbocycles. The Morgan fingerprint density at radius 1 is 1.29 bits per heavy atom. The molecule has 4 unspecified atom stereocenters. The highest BCUT2D eigenvalue weighted by atomic mass is 16.5. The Balaban J connectivity index is 1.52. The number of carbonyl (C=O) groups excluding carboxylic acids is 1. The summed E-state index contributed by atoms with van der Waals surface area (Å²) in [5.41, 5.74) is 2.18. The number of hydrogen-bond acceptors (Lipinski definition) is 4. The zero-order valence-corrected chi connectivity index (χ0v) is 16.9. The first-order valence-electron chi connectivity index (χ1n) is 11.2. The van der Waals surface area contributed by atoms with E-state index in [1.807, 2.05) is 12.1 Å². The number of piperidine rings is 1. The summed E-state index contributed by atoms with van der Waals surface area (Å²) >= 11 is 0. The molecule has 4 bridgehead atoms. The number of aromatic hydroxyl groups is 1. The van der Waals surface area contributed by atoms with E-state index >= 15 is 0 Å². The van der Waals surface area contributed by atoms with Crippen molar-refractivity contribution in [3.05, 3.63) is 29.3 Å². The molecule has 0 amide bonds. The number of fused-ring (bicyclic) bond motifs is 2. The Morgan fingerprint density at radius 3 is 2.93 bits per heavy atom. The first kappa shape index (κ1) is 17.5. The van der Waals surface area contributed by atoms with Crippen molar-refractivity contribution in [1.29, 1.82) is 0 Å². The topological polar surface area (TPSA) is 49.8 Å². The molecule has 1 N–H and O–H groups in total. The maximum Gasteiger partial charge on any atom is 0.132 e. The van der Waals surface area contributed by atoms with Crippen LogP contribution in [0.4, 0.5) is 0 Å². The molecule has 1 aromatic carbocycles. The molecule has 6 rings (SSSR count). The number of rotatable bonds is 4. The predicted molar refractivity (Wildman–Crippen MR) is 107 cm³/mol. The summed E-state index contributed by atoms with van der Waals surface area (Å²) in [6.07, 6.45) is 9.59. The molecule has 5 aliphatic rings. The Labute approximate surface area is 167 Å². The van der Waals surface area contributed by atoms with Gasteiger partial charge in [-0.25, -0.2) is 0 Å². The molecule has 1 spiro atoms. The van der Waals surface area contributed by atoms with Gasteiger partial charge in [0.25, 0.3) is 0 Å². The summed E-state index contributed by atoms with van der Waals surface area (Å²) in [7, 11) is 0. The zero-order valence-electron chi connectivity index (χ0n) is 16.9. The number of likely N-dealkylation sites (tertiary alicyclic amines) is 1. The molecule has 4 atom stereocenters. The van der Waals surface area contributed by atoms with Gasteiger partial charge in [0, 0.05) is 24.4 Å². The second-order valence-electron chi connectivity index (χ2n) is 10.4. The van der Waals surface area contributed by atoms with Gasteiger partial charge in [-0.1, -0.05) is 6.07 Å². The number of phenolic OH excluding ortho intramolecular Hbond substituents is 1. The SMILES string of the molecule is CC(=O)CC12CCCC3(O1)C1Cc4ccc(O)cc4C3(CCN1CC1CC1)C2. The van der Waals surface area contributed by atoms with Gasteiger partial charge in [-0.05, 0) is 94.0 Å². The molecule has 1 saturated carbocycles. The van der Waals surface area contributed by atoms with E-state index in [0.29, 0.717) is 18.2 Å². The van der Waals surface area contributed by atoms with Gasteiger partial charge >= 0.3 is 0 Å². The number of nitrogens with zero attached hydrogens (tertiary/aromatic N) is 1. The van der Waals surface area contributed by atoms with Crippen LogP contribution in [0.15, 0.2) is 18.2 Å². The van der Waals surface area contributed by atoms with Gasteiger partial charge in [0.15, 0.2) is 0 Å². The standard InChI is InChI=1S/C24H31NO3/c1-16(26)13-22-7-2-8-24(28-22)21-11-18-5-6-19(27)12-20(18)23(24,15-22)9-10-25(21)14-17-3-4-17/h5-6,12,17,21,27H,2-4,7-11,13-15H2,1H3. The molecule has 4 nitrogen and oxygen atoms in total. The van der Waals surface area contributed by atoms with Crippen LogP contribution in [0.1, 0.15) is 69.4 Å². The number of ketones is 1. The summed E-state index contributed by atoms with van der Waals surface area (Å²) < 4.78 is 7.13. The summed E-state index contributed by atoms with van der Waals surface area (Å²) in [5, 5.41) is 10.3. The van der Waals surface area contributed by atoms with Gasteiger partial charge in [-0.15, -0.1) is 0 Å². The molecule has 1 aromatic rings. The Morgan fingerprint density at radius 2 is 2.14 bits per heavy atom. The third-order valence-corrected chi connectivity index (χ3v) is 8.60. The summed E-state index contributed by atoms with van der Waals surface area (Å²) in [4.78, 5) is 14.9. The minimum absolute atomic E-state index is 0.0456. The van der Waals surface area contributed by atoms with Crippen molar-refractivity contribution >= 4 is 5.78 Å². The highest BCUT2D eigenvalue weighted by molar-refractivity contribution is 5.77. The van der Waals surface area contributed by atoms with Crippen LogP contribution in [0, 0.1) is 5.92 Å². The third-order valence-electron chi connectivity index (χ3n) is 8.60. The maximum atomic E-state index is 12.2. The molecule has 3 heterocycles. The molecular formula is C24H31NO3. The average molecular weight is 382 g/mol. The van der Waals surface area contributed by atoms with Gasteiger partial charge in [0.1, 0.15) is 11.5 Å². The lowest BCUT2D eigenvalue weighted by Crippen LogP contribution is -2.70. The molecule has 4 fully saturated rings. The quantitative estimate of drug-likeness (QED) is 0.863. The fourth-order valence-electron chi connectivity index (χ4n) is 7.60. The Bertz CT molecular complexity index is 848. The molecular weight excluding hydrogens is 350 g/mol. The van der Waals surface area contributed by atoms with Crippen LogP contribution in [-0.2, 0) is 21.4 Å². The van der Waals surface area contributed by atoms with Crippen LogP contribution in [0.5, 0.6) is 5.75 Å². The molecule has 150 valence electrons. The molecule has 3 saturated heterocycles. The monoisotopic (exact) mass is 381 g/mol. The summed E-state index contributed by atoms with van der Waals surface area (Å²) in [6.45, 7) is 4.04. The van der Waals surface area contributed by atoms with Crippen molar-refractivity contribution in [2.45, 2.75) is 87.4 Å². The number of benzene rings is 1. The van der Waals surface area contributed by atoms with Crippen LogP contribution in [0.25, 0.3) is 0 Å². The lowest BCUT2D eigenvalue weighted by molar-refractivity contribution is -0.204. The molecule has 4 heteroatoms. The number of phenols is 1. The van der Waals surface area contributed by atoms with Gasteiger partial charge in [0.05, 0.1) is 11.2 Å². The normalized spacial score (nSPS) is 41.4. The number of ether oxygens (including phenoxy) is 1. The van der Waals surface area contributed by atoms with Crippen molar-refractivity contribution < 1.29 is 14.6 Å². The van der Waals surface area contributed by atoms with E-state index in [1.54, 1.807) is 6.92 Å². The second kappa shape index (κ2) is 5.60. The van der Waals surface area contributed by atoms with E-state index in [1.165, 1.54) is 30.5 Å². The Kier molecular flexibility index (Phi) is 3.50. The number of hydrogen-bond donors (Lipinski definition) is 1. The van der Waals surface area contributed by atoms with Crippen LogP contribution in [0.3, 0.4) is 0 Å². The van der Waals surface area contributed by atoms with E-state index in [4.69, 9.17) is 4.74 Å². The van der Waals surface area contributed by atoms with E-state index in [-0.39, 0.29) is 22.4 Å². The van der Waals surface area contributed by atoms with E-state index < -0.39 is 0 Å². The first-order valence-corrected chi connectivity index (χ1v) is 11.2. The van der Waals surface area contributed by atoms with Crippen LogP contribution < -0.4 is 0 Å². The fraction of sp³-hybridized carbons (Fsp3) is 0.708. The van der Waals surface area contributed by atoms with Crippen LogP contribution in [0.2, 0.25) is 0 Å². The third kappa shape index (κ3) is 2.22. The molecule has 3 aliphatic heterocycles. The van der Waals surface area contributed by atoms with Gasteiger partial charge in [-0.3, -0.25) is 9.69 Å². The van der Waals surface area contributed by atoms with Crippen molar-refractivity contribution in [2.24, 2.45) is 5.92 Å². The van der Waals surface area contributed by atoms with Crippen molar-refractivity contribution in [2.75, 3.05) is 13.1 Å². The minimum Gasteiger partial charge on any atom is -0.508 e. The van der Waals surface area contributed by atoms with Crippen LogP contribution >= 0.6 is 0 Å². The van der Waals surface area contributed by atoms with E-state index in [2.05, 4.69) is 11.0 Å². The lowest BCUT2D eigenvalue weighted by atomic mass is 9.53. The number of carbonyl (C=O) groups is 1. The van der Waals surface area contributed by atoms with Crippen molar-refractivity contribution in [1.82, 2.24) is 4.90 Å². The van der Waals surface area contributed by atoms with Gasteiger partial charge in [-0.2, -0.15) is 0 Å². The van der Waals surface area contributed by atoms with E-state index in [0.717, 1.165) is 51.0 Å². The largest absolute Gasteiger partial charge is 0.508 e. The van der Waals surface area contributed by atoms with Gasteiger partial charge < -0.3 is 9.84 Å². The van der Waals surface area contributed by atoms with Gasteiger partial charge in [0.2, 0.25) is 0 Å². The first-order chi connectivity index (χ1) is 13.5. The average Bonchev–Trinajstić information content (AvgIpc) is 3.41. The maximum absolute atomic E-state index is 12.2. The lowest BCUT2D eigenvalue weighted by Gasteiger charge is -2.61. The predicted octanol–water partition coefficient (Wildman–Crippen LogP) is 3.73. The molecule has 0 radical (unpaired) electrons. The summed E-state index contributed by atoms with van der Waals surface area (Å²) in [5.74, 6) is 1.48. The highest BCUT2D eigenvalue weighted by Crippen LogP contribution is 2.68. The minimum atomic E-state index is -0.301. The van der Waals surface area contributed by atoms with Crippen LogP contribution in [-0.4, -0.2) is 46.1 Å². The number of Topliss-reactive ketones (excluding diaryl/α,β-unsaturated/α-hetero) is 1. The fourth-order valence-corrected chi connectivity index (χ4v) is 7.60. The van der Waals surface area contributed by atoms with E-state index in [9.17, 15) is 9.90 Å². The zero-order chi connectivity index (χ0) is 19.1.